The Morgan fingerprint density at radius 3 is 2.48 bits per heavy atom. The van der Waals surface area contributed by atoms with Gasteiger partial charge in [-0.15, -0.1) is 0 Å². The quantitative estimate of drug-likeness (QED) is 0.611. The van der Waals surface area contributed by atoms with E-state index in [1.54, 1.807) is 35.8 Å². The van der Waals surface area contributed by atoms with Gasteiger partial charge in [-0.1, -0.05) is 23.5 Å². The number of carbonyl (C=O) groups is 2. The lowest BCUT2D eigenvalue weighted by atomic mass is 10.2. The zero-order valence-corrected chi connectivity index (χ0v) is 16.0. The number of aromatic nitrogens is 1. The number of benzene rings is 2. The smallest absolute Gasteiger partial charge is 0.326 e. The van der Waals surface area contributed by atoms with Crippen molar-refractivity contribution in [3.63, 3.8) is 0 Å². The average Bonchev–Trinajstić information content (AvgIpc) is 3.00. The van der Waals surface area contributed by atoms with Gasteiger partial charge in [-0.3, -0.25) is 9.59 Å². The van der Waals surface area contributed by atoms with Crippen LogP contribution in [0, 0.1) is 0 Å². The van der Waals surface area contributed by atoms with Gasteiger partial charge in [0.05, 0.1) is 23.4 Å². The Kier molecular flexibility index (Phi) is 6.03. The first kappa shape index (κ1) is 18.8. The molecule has 7 heteroatoms. The molecule has 1 heterocycles. The number of hydrogen-bond acceptors (Lipinski definition) is 5. The molecule has 3 rings (SSSR count). The van der Waals surface area contributed by atoms with Crippen molar-refractivity contribution in [1.29, 1.82) is 0 Å². The monoisotopic (exact) mass is 384 g/mol. The number of fused-ring (bicyclic) bond motifs is 1. The summed E-state index contributed by atoms with van der Waals surface area (Å²) in [6, 6.07) is 14.5. The number of ether oxygens (including phenoxy) is 2. The van der Waals surface area contributed by atoms with Crippen LogP contribution in [0.25, 0.3) is 10.2 Å². The molecule has 0 unspecified atom stereocenters. The Morgan fingerprint density at radius 2 is 1.78 bits per heavy atom. The van der Waals surface area contributed by atoms with Crippen molar-refractivity contribution in [3.8, 4) is 5.75 Å². The van der Waals surface area contributed by atoms with Gasteiger partial charge in [0.1, 0.15) is 12.3 Å². The second kappa shape index (κ2) is 8.64. The van der Waals surface area contributed by atoms with Crippen LogP contribution >= 0.6 is 11.3 Å². The van der Waals surface area contributed by atoms with E-state index in [-0.39, 0.29) is 18.4 Å². The number of rotatable bonds is 6. The Bertz CT molecular complexity index is 1020. The lowest BCUT2D eigenvalue weighted by molar-refractivity contribution is -0.143. The van der Waals surface area contributed by atoms with Crippen molar-refractivity contribution in [1.82, 2.24) is 4.57 Å². The molecule has 1 aromatic heterocycles. The second-order valence-corrected chi connectivity index (χ2v) is 6.63. The van der Waals surface area contributed by atoms with Crippen LogP contribution in [0.4, 0.5) is 0 Å². The van der Waals surface area contributed by atoms with Gasteiger partial charge < -0.3 is 14.0 Å². The fraction of sp³-hybridized carbons (Fsp3) is 0.250. The molecule has 0 fully saturated rings. The van der Waals surface area contributed by atoms with Crippen LogP contribution in [0.15, 0.2) is 53.5 Å². The third-order valence-electron chi connectivity index (χ3n) is 3.79. The van der Waals surface area contributed by atoms with Gasteiger partial charge in [-0.2, -0.15) is 4.99 Å². The minimum absolute atomic E-state index is 0.00719. The normalized spacial score (nSPS) is 11.6. The SMILES string of the molecule is CCOC(=O)Cn1c(=NC(=O)c2ccc(OCC)cc2)sc2ccccc21. The standard InChI is InChI=1S/C20H20N2O4S/c1-3-25-15-11-9-14(10-12-15)19(24)21-20-22(13-18(23)26-4-2)16-7-5-6-8-17(16)27-20/h5-12H,3-4,13H2,1-2H3. The minimum Gasteiger partial charge on any atom is -0.494 e. The maximum absolute atomic E-state index is 12.6. The van der Waals surface area contributed by atoms with Gasteiger partial charge in [-0.25, -0.2) is 0 Å². The van der Waals surface area contributed by atoms with Crippen LogP contribution in [0.3, 0.4) is 0 Å². The molecule has 0 spiro atoms. The predicted molar refractivity (Wildman–Crippen MR) is 104 cm³/mol. The van der Waals surface area contributed by atoms with Gasteiger partial charge >= 0.3 is 5.97 Å². The van der Waals surface area contributed by atoms with E-state index in [1.165, 1.54) is 11.3 Å². The molecule has 0 atom stereocenters. The van der Waals surface area contributed by atoms with Gasteiger partial charge in [0, 0.05) is 5.56 Å². The van der Waals surface area contributed by atoms with E-state index in [1.807, 2.05) is 31.2 Å². The number of para-hydroxylation sites is 1. The summed E-state index contributed by atoms with van der Waals surface area (Å²) in [5, 5.41) is 0. The highest BCUT2D eigenvalue weighted by atomic mass is 32.1. The maximum Gasteiger partial charge on any atom is 0.326 e. The first-order valence-electron chi connectivity index (χ1n) is 8.68. The molecule has 1 amide bonds. The van der Waals surface area contributed by atoms with Gasteiger partial charge in [0.2, 0.25) is 0 Å². The van der Waals surface area contributed by atoms with E-state index < -0.39 is 0 Å². The summed E-state index contributed by atoms with van der Waals surface area (Å²) in [7, 11) is 0. The van der Waals surface area contributed by atoms with Crippen molar-refractivity contribution in [2.45, 2.75) is 20.4 Å². The number of hydrogen-bond donors (Lipinski definition) is 0. The third kappa shape index (κ3) is 4.43. The van der Waals surface area contributed by atoms with Crippen molar-refractivity contribution in [2.24, 2.45) is 4.99 Å². The average molecular weight is 384 g/mol. The fourth-order valence-corrected chi connectivity index (χ4v) is 3.63. The van der Waals surface area contributed by atoms with Crippen LogP contribution in [-0.4, -0.2) is 29.7 Å². The maximum atomic E-state index is 12.6. The van der Waals surface area contributed by atoms with Gasteiger partial charge in [0.15, 0.2) is 4.80 Å². The van der Waals surface area contributed by atoms with E-state index >= 15 is 0 Å². The van der Waals surface area contributed by atoms with Crippen LogP contribution in [-0.2, 0) is 16.1 Å². The molecule has 0 bridgehead atoms. The molecule has 27 heavy (non-hydrogen) atoms. The predicted octanol–water partition coefficient (Wildman–Crippen LogP) is 3.41. The molecule has 0 N–H and O–H groups in total. The minimum atomic E-state index is -0.373. The number of thiazole rings is 1. The number of carbonyl (C=O) groups excluding carboxylic acids is 2. The highest BCUT2D eigenvalue weighted by Gasteiger charge is 2.12. The van der Waals surface area contributed by atoms with E-state index in [4.69, 9.17) is 9.47 Å². The molecule has 2 aromatic carbocycles. The van der Waals surface area contributed by atoms with Crippen molar-refractivity contribution in [2.75, 3.05) is 13.2 Å². The number of esters is 1. The van der Waals surface area contributed by atoms with Crippen LogP contribution in [0.1, 0.15) is 24.2 Å². The largest absolute Gasteiger partial charge is 0.494 e. The first-order chi connectivity index (χ1) is 13.1. The summed E-state index contributed by atoms with van der Waals surface area (Å²) in [6.45, 7) is 4.53. The lowest BCUT2D eigenvalue weighted by Gasteiger charge is -2.05. The molecule has 0 saturated heterocycles. The van der Waals surface area contributed by atoms with Crippen molar-refractivity contribution < 1.29 is 19.1 Å². The zero-order valence-electron chi connectivity index (χ0n) is 15.2. The topological polar surface area (TPSA) is 69.9 Å². The Hall–Kier alpha value is -2.93. The molecule has 6 nitrogen and oxygen atoms in total. The molecule has 3 aromatic rings. The molecule has 0 aliphatic carbocycles. The molecule has 140 valence electrons. The first-order valence-corrected chi connectivity index (χ1v) is 9.50. The van der Waals surface area contributed by atoms with Crippen LogP contribution < -0.4 is 9.54 Å². The number of amides is 1. The third-order valence-corrected chi connectivity index (χ3v) is 4.85. The van der Waals surface area contributed by atoms with E-state index in [2.05, 4.69) is 4.99 Å². The molecule has 0 aliphatic heterocycles. The van der Waals surface area contributed by atoms with Crippen LogP contribution in [0.2, 0.25) is 0 Å². The van der Waals surface area contributed by atoms with Crippen molar-refractivity contribution in [3.05, 3.63) is 58.9 Å². The fourth-order valence-electron chi connectivity index (χ4n) is 2.61. The Morgan fingerprint density at radius 1 is 1.04 bits per heavy atom. The Labute approximate surface area is 160 Å². The zero-order chi connectivity index (χ0) is 19.2. The van der Waals surface area contributed by atoms with Crippen LogP contribution in [0.5, 0.6) is 5.75 Å². The van der Waals surface area contributed by atoms with Gasteiger partial charge in [-0.05, 0) is 50.2 Å². The molecule has 0 saturated carbocycles. The summed E-state index contributed by atoms with van der Waals surface area (Å²) >= 11 is 1.36. The molecular weight excluding hydrogens is 364 g/mol. The molecular formula is C20H20N2O4S. The van der Waals surface area contributed by atoms with E-state index in [0.29, 0.717) is 29.3 Å². The second-order valence-electron chi connectivity index (χ2n) is 5.62. The Balaban J connectivity index is 1.98. The molecule has 0 aliphatic rings. The summed E-state index contributed by atoms with van der Waals surface area (Å²) in [6.07, 6.45) is 0. The van der Waals surface area contributed by atoms with E-state index in [9.17, 15) is 9.59 Å². The summed E-state index contributed by atoms with van der Waals surface area (Å²) in [5.41, 5.74) is 1.30. The van der Waals surface area contributed by atoms with Gasteiger partial charge in [0.25, 0.3) is 5.91 Å². The van der Waals surface area contributed by atoms with E-state index in [0.717, 1.165) is 10.2 Å². The summed E-state index contributed by atoms with van der Waals surface area (Å²) in [5.74, 6) is -0.0356. The highest BCUT2D eigenvalue weighted by molar-refractivity contribution is 7.16. The van der Waals surface area contributed by atoms with Crippen molar-refractivity contribution >= 4 is 33.4 Å². The molecule has 0 radical (unpaired) electrons. The lowest BCUT2D eigenvalue weighted by Crippen LogP contribution is -2.23. The summed E-state index contributed by atoms with van der Waals surface area (Å²) < 4.78 is 13.1. The summed E-state index contributed by atoms with van der Waals surface area (Å²) in [4.78, 5) is 29.3. The highest BCUT2D eigenvalue weighted by Crippen LogP contribution is 2.17. The number of nitrogens with zero attached hydrogens (tertiary/aromatic N) is 2.